The summed E-state index contributed by atoms with van der Waals surface area (Å²) in [6.45, 7) is 0.426. The number of hydrogen-bond donors (Lipinski definition) is 0. The molecule has 0 bridgehead atoms. The van der Waals surface area contributed by atoms with Gasteiger partial charge in [0, 0.05) is 28.2 Å². The third-order valence-electron chi connectivity index (χ3n) is 1.71. The van der Waals surface area contributed by atoms with Gasteiger partial charge in [-0.25, -0.2) is 0 Å². The lowest BCUT2D eigenvalue weighted by Gasteiger charge is -1.93. The van der Waals surface area contributed by atoms with E-state index in [4.69, 9.17) is 4.74 Å². The number of nitrogens with zero attached hydrogens (tertiary/aromatic N) is 1. The van der Waals surface area contributed by atoms with Crippen molar-refractivity contribution in [2.24, 2.45) is 0 Å². The molecule has 4 heteroatoms. The van der Waals surface area contributed by atoms with Crippen LogP contribution in [0.3, 0.4) is 0 Å². The van der Waals surface area contributed by atoms with Crippen LogP contribution in [-0.4, -0.2) is 11.5 Å². The van der Waals surface area contributed by atoms with Crippen LogP contribution in [0.5, 0.6) is 5.75 Å². The molecule has 0 amide bonds. The molecular weight excluding hydrogens is 198 g/mol. The van der Waals surface area contributed by atoms with E-state index in [1.54, 1.807) is 17.8 Å². The molecule has 0 radical (unpaired) electrons. The molecule has 0 saturated heterocycles. The van der Waals surface area contributed by atoms with Crippen molar-refractivity contribution in [3.8, 4) is 16.2 Å². The summed E-state index contributed by atoms with van der Waals surface area (Å²) in [5, 5.41) is 1.79. The number of thiophene rings is 1. The quantitative estimate of drug-likeness (QED) is 0.722. The van der Waals surface area contributed by atoms with Crippen LogP contribution in [-0.2, 0) is 4.79 Å². The van der Waals surface area contributed by atoms with E-state index in [-0.39, 0.29) is 0 Å². The fourth-order valence-corrected chi connectivity index (χ4v) is 1.90. The summed E-state index contributed by atoms with van der Waals surface area (Å²) in [6.07, 6.45) is 3.50. The molecule has 2 heterocycles. The van der Waals surface area contributed by atoms with Gasteiger partial charge in [0.05, 0.1) is 0 Å². The fraction of sp³-hybridized carbons (Fsp3) is 0. The molecular formula is C10H7NO2S. The van der Waals surface area contributed by atoms with E-state index in [9.17, 15) is 4.79 Å². The van der Waals surface area contributed by atoms with Gasteiger partial charge in [-0.05, 0) is 12.1 Å². The van der Waals surface area contributed by atoms with Crippen molar-refractivity contribution in [1.82, 2.24) is 4.98 Å². The van der Waals surface area contributed by atoms with Gasteiger partial charge in [0.1, 0.15) is 5.75 Å². The Balaban J connectivity index is 2.29. The number of rotatable bonds is 3. The molecule has 2 aromatic rings. The highest BCUT2D eigenvalue weighted by Gasteiger charge is 2.02. The second kappa shape index (κ2) is 4.02. The van der Waals surface area contributed by atoms with Crippen LogP contribution in [0.2, 0.25) is 0 Å². The lowest BCUT2D eigenvalue weighted by Crippen LogP contribution is -1.84. The molecule has 14 heavy (non-hydrogen) atoms. The Hall–Kier alpha value is -1.68. The molecule has 70 valence electrons. The van der Waals surface area contributed by atoms with Crippen LogP contribution < -0.4 is 4.74 Å². The molecule has 0 unspecified atom stereocenters. The van der Waals surface area contributed by atoms with Crippen molar-refractivity contribution < 1.29 is 9.53 Å². The fourth-order valence-electron chi connectivity index (χ4n) is 1.10. The third-order valence-corrected chi connectivity index (χ3v) is 2.66. The number of pyridine rings is 1. The van der Waals surface area contributed by atoms with Gasteiger partial charge in [0.2, 0.25) is 0 Å². The highest BCUT2D eigenvalue weighted by atomic mass is 32.1. The van der Waals surface area contributed by atoms with E-state index in [1.165, 1.54) is 11.3 Å². The summed E-state index contributed by atoms with van der Waals surface area (Å²) in [6, 6.07) is 5.65. The summed E-state index contributed by atoms with van der Waals surface area (Å²) in [4.78, 5) is 15.1. The molecule has 0 aliphatic rings. The van der Waals surface area contributed by atoms with Gasteiger partial charge in [-0.15, -0.1) is 11.3 Å². The lowest BCUT2D eigenvalue weighted by molar-refractivity contribution is -0.120. The molecule has 2 rings (SSSR count). The number of hydrogen-bond acceptors (Lipinski definition) is 4. The van der Waals surface area contributed by atoms with Gasteiger partial charge < -0.3 is 4.74 Å². The van der Waals surface area contributed by atoms with Gasteiger partial charge in [-0.1, -0.05) is 6.07 Å². The number of ether oxygens (including phenoxy) is 1. The maximum atomic E-state index is 10.1. The Morgan fingerprint density at radius 1 is 1.50 bits per heavy atom. The average Bonchev–Trinajstić information content (AvgIpc) is 2.68. The van der Waals surface area contributed by atoms with Crippen molar-refractivity contribution in [2.45, 2.75) is 0 Å². The zero-order valence-electron chi connectivity index (χ0n) is 7.21. The van der Waals surface area contributed by atoms with Gasteiger partial charge in [-0.2, -0.15) is 0 Å². The van der Waals surface area contributed by atoms with Crippen LogP contribution in [0.25, 0.3) is 10.4 Å². The molecule has 3 nitrogen and oxygen atoms in total. The first-order valence-corrected chi connectivity index (χ1v) is 4.87. The van der Waals surface area contributed by atoms with Crippen molar-refractivity contribution in [3.63, 3.8) is 0 Å². The first-order chi connectivity index (χ1) is 6.90. The topological polar surface area (TPSA) is 39.2 Å². The van der Waals surface area contributed by atoms with Crippen LogP contribution in [0.15, 0.2) is 36.0 Å². The molecule has 0 aliphatic carbocycles. The lowest BCUT2D eigenvalue weighted by atomic mass is 10.2. The van der Waals surface area contributed by atoms with Crippen LogP contribution in [0.1, 0.15) is 0 Å². The second-order valence-electron chi connectivity index (χ2n) is 2.60. The van der Waals surface area contributed by atoms with Crippen molar-refractivity contribution >= 4 is 17.8 Å². The minimum atomic E-state index is 0.426. The molecule has 0 atom stereocenters. The zero-order chi connectivity index (χ0) is 9.80. The van der Waals surface area contributed by atoms with Gasteiger partial charge >= 0.3 is 0 Å². The number of aromatic nitrogens is 1. The highest BCUT2D eigenvalue weighted by molar-refractivity contribution is 7.13. The standard InChI is InChI=1S/C10H7NO2S/c12-7-13-9-4-10(14-6-9)8-2-1-3-11-5-8/h1-7H. The SMILES string of the molecule is O=COc1csc(-c2cccnc2)c1. The normalized spacial score (nSPS) is 9.71. The molecule has 0 aliphatic heterocycles. The monoisotopic (exact) mass is 205 g/mol. The van der Waals surface area contributed by atoms with Gasteiger partial charge in [-0.3, -0.25) is 9.78 Å². The average molecular weight is 205 g/mol. The van der Waals surface area contributed by atoms with Crippen molar-refractivity contribution in [3.05, 3.63) is 36.0 Å². The maximum Gasteiger partial charge on any atom is 0.298 e. The first kappa shape index (κ1) is 8.90. The first-order valence-electron chi connectivity index (χ1n) is 3.99. The van der Waals surface area contributed by atoms with E-state index < -0.39 is 0 Å². The Kier molecular flexibility index (Phi) is 2.55. The van der Waals surface area contributed by atoms with Gasteiger partial charge in [0.25, 0.3) is 6.47 Å². The Labute approximate surface area is 85.0 Å². The van der Waals surface area contributed by atoms with E-state index >= 15 is 0 Å². The summed E-state index contributed by atoms with van der Waals surface area (Å²) in [5.41, 5.74) is 1.03. The van der Waals surface area contributed by atoms with Crippen LogP contribution >= 0.6 is 11.3 Å². The maximum absolute atomic E-state index is 10.1. The van der Waals surface area contributed by atoms with E-state index in [2.05, 4.69) is 4.98 Å². The second-order valence-corrected chi connectivity index (χ2v) is 3.51. The summed E-state index contributed by atoms with van der Waals surface area (Å²) in [7, 11) is 0. The van der Waals surface area contributed by atoms with E-state index in [0.29, 0.717) is 12.2 Å². The molecule has 0 aromatic carbocycles. The zero-order valence-corrected chi connectivity index (χ0v) is 8.03. The van der Waals surface area contributed by atoms with Crippen molar-refractivity contribution in [2.75, 3.05) is 0 Å². The van der Waals surface area contributed by atoms with Crippen LogP contribution in [0.4, 0.5) is 0 Å². The molecule has 0 fully saturated rings. The predicted molar refractivity (Wildman–Crippen MR) is 54.2 cm³/mol. The third kappa shape index (κ3) is 1.80. The number of carbonyl (C=O) groups excluding carboxylic acids is 1. The summed E-state index contributed by atoms with van der Waals surface area (Å²) < 4.78 is 4.72. The van der Waals surface area contributed by atoms with E-state index in [1.807, 2.05) is 18.2 Å². The molecule has 0 saturated carbocycles. The Morgan fingerprint density at radius 3 is 3.14 bits per heavy atom. The molecule has 0 N–H and O–H groups in total. The predicted octanol–water partition coefficient (Wildman–Crippen LogP) is 2.35. The summed E-state index contributed by atoms with van der Waals surface area (Å²) >= 11 is 1.52. The Morgan fingerprint density at radius 2 is 2.43 bits per heavy atom. The van der Waals surface area contributed by atoms with Crippen LogP contribution in [0, 0.1) is 0 Å². The summed E-state index contributed by atoms with van der Waals surface area (Å²) in [5.74, 6) is 0.573. The van der Waals surface area contributed by atoms with Gasteiger partial charge in [0.15, 0.2) is 0 Å². The smallest absolute Gasteiger partial charge is 0.298 e. The number of carbonyl (C=O) groups is 1. The largest absolute Gasteiger partial charge is 0.428 e. The van der Waals surface area contributed by atoms with Crippen molar-refractivity contribution in [1.29, 1.82) is 0 Å². The highest BCUT2D eigenvalue weighted by Crippen LogP contribution is 2.30. The minimum absolute atomic E-state index is 0.426. The molecule has 2 aromatic heterocycles. The van der Waals surface area contributed by atoms with E-state index in [0.717, 1.165) is 10.4 Å². The minimum Gasteiger partial charge on any atom is -0.428 e. The molecule has 0 spiro atoms. The Bertz CT molecular complexity index is 425.